The third kappa shape index (κ3) is 3.07. The van der Waals surface area contributed by atoms with Gasteiger partial charge in [0.15, 0.2) is 0 Å². The second-order valence-corrected chi connectivity index (χ2v) is 5.43. The van der Waals surface area contributed by atoms with Crippen molar-refractivity contribution in [2.75, 3.05) is 6.54 Å². The van der Waals surface area contributed by atoms with Gasteiger partial charge in [0.25, 0.3) is 0 Å². The molecule has 20 heavy (non-hydrogen) atoms. The van der Waals surface area contributed by atoms with Gasteiger partial charge in [-0.25, -0.2) is 8.78 Å². The van der Waals surface area contributed by atoms with E-state index in [1.165, 1.54) is 12.1 Å². The molecule has 106 valence electrons. The van der Waals surface area contributed by atoms with Gasteiger partial charge >= 0.3 is 0 Å². The molecule has 2 rings (SSSR count). The minimum atomic E-state index is -0.565. The zero-order chi connectivity index (χ0) is 14.7. The van der Waals surface area contributed by atoms with Crippen LogP contribution in [0.2, 0.25) is 0 Å². The molecule has 0 aliphatic rings. The molecule has 1 nitrogen and oxygen atoms in total. The Balaban J connectivity index is 2.53. The number of benzene rings is 2. The summed E-state index contributed by atoms with van der Waals surface area (Å²) in [5.74, 6) is -1.10. The zero-order valence-corrected chi connectivity index (χ0v) is 13.0. The maximum atomic E-state index is 14.0. The van der Waals surface area contributed by atoms with Gasteiger partial charge in [-0.05, 0) is 30.7 Å². The van der Waals surface area contributed by atoms with E-state index >= 15 is 0 Å². The molecule has 0 radical (unpaired) electrons. The van der Waals surface area contributed by atoms with Crippen LogP contribution >= 0.6 is 15.9 Å². The van der Waals surface area contributed by atoms with Crippen LogP contribution in [-0.2, 0) is 0 Å². The number of halogens is 3. The van der Waals surface area contributed by atoms with Crippen molar-refractivity contribution in [3.63, 3.8) is 0 Å². The third-order valence-corrected chi connectivity index (χ3v) is 4.30. The first kappa shape index (κ1) is 15.1. The summed E-state index contributed by atoms with van der Waals surface area (Å²) >= 11 is 3.55. The van der Waals surface area contributed by atoms with E-state index in [1.807, 2.05) is 32.0 Å². The van der Waals surface area contributed by atoms with Crippen LogP contribution in [0.25, 0.3) is 0 Å². The highest BCUT2D eigenvalue weighted by molar-refractivity contribution is 9.10. The first-order valence-corrected chi connectivity index (χ1v) is 7.27. The summed E-state index contributed by atoms with van der Waals surface area (Å²) in [6, 6.07) is 9.24. The second-order valence-electron chi connectivity index (χ2n) is 4.63. The van der Waals surface area contributed by atoms with Crippen LogP contribution in [0.15, 0.2) is 40.9 Å². The van der Waals surface area contributed by atoms with E-state index < -0.39 is 11.6 Å². The van der Waals surface area contributed by atoms with Crippen LogP contribution in [0.3, 0.4) is 0 Å². The predicted octanol–water partition coefficient (Wildman–Crippen LogP) is 4.73. The standard InChI is InChI=1S/C16H16BrF2N/c1-3-20-16(12-8-7-11(18)9-14(12)19)13-6-4-5-10(2)15(13)17/h4-9,16,20H,3H2,1-2H3. The van der Waals surface area contributed by atoms with Crippen LogP contribution < -0.4 is 5.32 Å². The summed E-state index contributed by atoms with van der Waals surface area (Å²) in [5.41, 5.74) is 2.46. The smallest absolute Gasteiger partial charge is 0.131 e. The summed E-state index contributed by atoms with van der Waals surface area (Å²) in [6.07, 6.45) is 0. The molecule has 0 amide bonds. The van der Waals surface area contributed by atoms with Crippen LogP contribution in [0.4, 0.5) is 8.78 Å². The number of nitrogens with one attached hydrogen (secondary N) is 1. The molecule has 1 unspecified atom stereocenters. The lowest BCUT2D eigenvalue weighted by Gasteiger charge is -2.21. The zero-order valence-electron chi connectivity index (χ0n) is 11.4. The van der Waals surface area contributed by atoms with Crippen molar-refractivity contribution in [3.05, 3.63) is 69.2 Å². The van der Waals surface area contributed by atoms with Crippen molar-refractivity contribution in [1.82, 2.24) is 5.32 Å². The van der Waals surface area contributed by atoms with Crippen LogP contribution in [-0.4, -0.2) is 6.54 Å². The molecule has 1 N–H and O–H groups in total. The predicted molar refractivity (Wildman–Crippen MR) is 80.8 cm³/mol. The Morgan fingerprint density at radius 3 is 2.55 bits per heavy atom. The van der Waals surface area contributed by atoms with Gasteiger partial charge < -0.3 is 5.32 Å². The van der Waals surface area contributed by atoms with Crippen molar-refractivity contribution in [3.8, 4) is 0 Å². The van der Waals surface area contributed by atoms with E-state index in [-0.39, 0.29) is 6.04 Å². The highest BCUT2D eigenvalue weighted by Gasteiger charge is 2.20. The molecule has 0 heterocycles. The maximum Gasteiger partial charge on any atom is 0.131 e. The molecule has 0 aromatic heterocycles. The van der Waals surface area contributed by atoms with Gasteiger partial charge in [0.1, 0.15) is 11.6 Å². The van der Waals surface area contributed by atoms with Crippen molar-refractivity contribution in [1.29, 1.82) is 0 Å². The van der Waals surface area contributed by atoms with E-state index in [9.17, 15) is 8.78 Å². The van der Waals surface area contributed by atoms with E-state index in [0.717, 1.165) is 21.7 Å². The second kappa shape index (κ2) is 6.46. The van der Waals surface area contributed by atoms with Crippen LogP contribution in [0, 0.1) is 18.6 Å². The molecule has 0 fully saturated rings. The lowest BCUT2D eigenvalue weighted by molar-refractivity contribution is 0.540. The maximum absolute atomic E-state index is 14.0. The fraction of sp³-hybridized carbons (Fsp3) is 0.250. The number of hydrogen-bond donors (Lipinski definition) is 1. The Bertz CT molecular complexity index is 613. The minimum Gasteiger partial charge on any atom is -0.306 e. The Morgan fingerprint density at radius 2 is 1.90 bits per heavy atom. The molecule has 2 aromatic rings. The van der Waals surface area contributed by atoms with Crippen molar-refractivity contribution < 1.29 is 8.78 Å². The normalized spacial score (nSPS) is 12.4. The molecule has 0 aliphatic heterocycles. The van der Waals surface area contributed by atoms with Crippen LogP contribution in [0.5, 0.6) is 0 Å². The summed E-state index contributed by atoms with van der Waals surface area (Å²) in [6.45, 7) is 4.62. The highest BCUT2D eigenvalue weighted by Crippen LogP contribution is 2.32. The molecule has 0 saturated heterocycles. The Labute approximate surface area is 126 Å². The van der Waals surface area contributed by atoms with Gasteiger partial charge in [-0.15, -0.1) is 0 Å². The van der Waals surface area contributed by atoms with Crippen LogP contribution in [0.1, 0.15) is 29.7 Å². The molecule has 0 saturated carbocycles. The van der Waals surface area contributed by atoms with Gasteiger partial charge in [-0.1, -0.05) is 47.1 Å². The van der Waals surface area contributed by atoms with Crippen molar-refractivity contribution in [2.45, 2.75) is 19.9 Å². The first-order valence-electron chi connectivity index (χ1n) is 6.48. The van der Waals surface area contributed by atoms with Crippen molar-refractivity contribution in [2.24, 2.45) is 0 Å². The fourth-order valence-electron chi connectivity index (χ4n) is 2.22. The van der Waals surface area contributed by atoms with E-state index in [4.69, 9.17) is 0 Å². The summed E-state index contributed by atoms with van der Waals surface area (Å²) < 4.78 is 28.1. The van der Waals surface area contributed by atoms with E-state index in [1.54, 1.807) is 0 Å². The average molecular weight is 340 g/mol. The Hall–Kier alpha value is -1.26. The first-order chi connectivity index (χ1) is 9.54. The third-order valence-electron chi connectivity index (χ3n) is 3.21. The quantitative estimate of drug-likeness (QED) is 0.848. The molecular formula is C16H16BrF2N. The fourth-order valence-corrected chi connectivity index (χ4v) is 2.71. The molecule has 0 spiro atoms. The number of aryl methyl sites for hydroxylation is 1. The van der Waals surface area contributed by atoms with Gasteiger partial charge in [-0.2, -0.15) is 0 Å². The molecule has 0 aliphatic carbocycles. The van der Waals surface area contributed by atoms with Gasteiger partial charge in [0.2, 0.25) is 0 Å². The molecule has 2 aromatic carbocycles. The summed E-state index contributed by atoms with van der Waals surface area (Å²) in [7, 11) is 0. The van der Waals surface area contributed by atoms with E-state index in [0.29, 0.717) is 12.1 Å². The highest BCUT2D eigenvalue weighted by atomic mass is 79.9. The summed E-state index contributed by atoms with van der Waals surface area (Å²) in [5, 5.41) is 3.25. The summed E-state index contributed by atoms with van der Waals surface area (Å²) in [4.78, 5) is 0. The largest absolute Gasteiger partial charge is 0.306 e. The lowest BCUT2D eigenvalue weighted by Crippen LogP contribution is -2.23. The molecule has 1 atom stereocenters. The van der Waals surface area contributed by atoms with Crippen molar-refractivity contribution >= 4 is 15.9 Å². The van der Waals surface area contributed by atoms with Gasteiger partial charge in [0, 0.05) is 16.1 Å². The topological polar surface area (TPSA) is 12.0 Å². The monoisotopic (exact) mass is 339 g/mol. The lowest BCUT2D eigenvalue weighted by atomic mass is 9.96. The van der Waals surface area contributed by atoms with Gasteiger partial charge in [-0.3, -0.25) is 0 Å². The van der Waals surface area contributed by atoms with E-state index in [2.05, 4.69) is 21.2 Å². The Kier molecular flexibility index (Phi) is 4.89. The number of rotatable bonds is 4. The number of hydrogen-bond acceptors (Lipinski definition) is 1. The van der Waals surface area contributed by atoms with Gasteiger partial charge in [0.05, 0.1) is 6.04 Å². The molecular weight excluding hydrogens is 324 g/mol. The molecule has 4 heteroatoms. The minimum absolute atomic E-state index is 0.310. The molecule has 0 bridgehead atoms. The SMILES string of the molecule is CCNC(c1ccc(F)cc1F)c1cccc(C)c1Br. The average Bonchev–Trinajstić information content (AvgIpc) is 2.40. The Morgan fingerprint density at radius 1 is 1.15 bits per heavy atom.